The minimum Gasteiger partial charge on any atom is -0.486 e. The summed E-state index contributed by atoms with van der Waals surface area (Å²) >= 11 is 0. The molecule has 4 rings (SSSR count). The number of hydrogen-bond acceptors (Lipinski definition) is 4. The van der Waals surface area contributed by atoms with Gasteiger partial charge in [-0.25, -0.2) is 0 Å². The summed E-state index contributed by atoms with van der Waals surface area (Å²) in [6, 6.07) is 13.8. The molecule has 2 aliphatic rings. The molecule has 6 nitrogen and oxygen atoms in total. The van der Waals surface area contributed by atoms with E-state index in [4.69, 9.17) is 9.47 Å². The van der Waals surface area contributed by atoms with Crippen molar-refractivity contribution >= 4 is 11.8 Å². The molecule has 1 saturated carbocycles. The lowest BCUT2D eigenvalue weighted by Gasteiger charge is -2.33. The first-order valence-corrected chi connectivity index (χ1v) is 13.1. The summed E-state index contributed by atoms with van der Waals surface area (Å²) in [5.41, 5.74) is 3.23. The maximum absolute atomic E-state index is 13.6. The third-order valence-electron chi connectivity index (χ3n) is 7.05. The van der Waals surface area contributed by atoms with Gasteiger partial charge in [-0.15, -0.1) is 0 Å². The zero-order chi connectivity index (χ0) is 24.6. The van der Waals surface area contributed by atoms with Crippen molar-refractivity contribution in [3.05, 3.63) is 59.2 Å². The molecule has 0 unspecified atom stereocenters. The summed E-state index contributed by atoms with van der Waals surface area (Å²) in [4.78, 5) is 28.7. The average molecular weight is 479 g/mol. The molecule has 1 aliphatic heterocycles. The minimum absolute atomic E-state index is 0.00823. The maximum atomic E-state index is 13.6. The van der Waals surface area contributed by atoms with Gasteiger partial charge in [0.2, 0.25) is 11.8 Å². The number of carbonyl (C=O) groups excluding carboxylic acids is 2. The number of amides is 2. The lowest BCUT2D eigenvalue weighted by molar-refractivity contribution is -0.141. The van der Waals surface area contributed by atoms with Crippen molar-refractivity contribution < 1.29 is 19.1 Å². The number of hydrogen-bond donors (Lipinski definition) is 1. The highest BCUT2D eigenvalue weighted by Crippen LogP contribution is 2.31. The normalized spacial score (nSPS) is 16.4. The fourth-order valence-corrected chi connectivity index (χ4v) is 4.99. The van der Waals surface area contributed by atoms with Crippen molar-refractivity contribution in [2.24, 2.45) is 0 Å². The monoisotopic (exact) mass is 478 g/mol. The molecule has 0 saturated heterocycles. The minimum atomic E-state index is -0.481. The standard InChI is InChI=1S/C29H38N2O4/c1-3-25(29(33)30-24-7-5-4-6-8-24)31(20-23-11-9-21(2)10-12-23)28(32)16-14-22-13-15-26-27(19-22)35-18-17-34-26/h9-13,15,19,24-25H,3-8,14,16-18,20H2,1-2H3,(H,30,33)/t25-/m0/s1. The van der Waals surface area contributed by atoms with Gasteiger partial charge in [-0.1, -0.05) is 62.1 Å². The molecule has 6 heteroatoms. The summed E-state index contributed by atoms with van der Waals surface area (Å²) < 4.78 is 11.3. The SMILES string of the molecule is CC[C@@H](C(=O)NC1CCCCC1)N(Cc1ccc(C)cc1)C(=O)CCc1ccc2c(c1)OCCO2. The van der Waals surface area contributed by atoms with Gasteiger partial charge in [-0.3, -0.25) is 9.59 Å². The van der Waals surface area contributed by atoms with Crippen molar-refractivity contribution in [3.63, 3.8) is 0 Å². The summed E-state index contributed by atoms with van der Waals surface area (Å²) in [5, 5.41) is 3.24. The third kappa shape index (κ3) is 6.77. The van der Waals surface area contributed by atoms with E-state index in [0.29, 0.717) is 39.0 Å². The van der Waals surface area contributed by atoms with Crippen LogP contribution in [0.3, 0.4) is 0 Å². The van der Waals surface area contributed by atoms with Crippen molar-refractivity contribution in [3.8, 4) is 11.5 Å². The van der Waals surface area contributed by atoms with E-state index in [9.17, 15) is 9.59 Å². The topological polar surface area (TPSA) is 67.9 Å². The molecule has 1 heterocycles. The van der Waals surface area contributed by atoms with E-state index in [1.807, 2.05) is 44.2 Å². The smallest absolute Gasteiger partial charge is 0.243 e. The van der Waals surface area contributed by atoms with E-state index in [1.54, 1.807) is 4.90 Å². The zero-order valence-corrected chi connectivity index (χ0v) is 21.1. The van der Waals surface area contributed by atoms with E-state index in [0.717, 1.165) is 48.3 Å². The fourth-order valence-electron chi connectivity index (χ4n) is 4.99. The number of aryl methyl sites for hydroxylation is 2. The highest BCUT2D eigenvalue weighted by atomic mass is 16.6. The number of carbonyl (C=O) groups is 2. The quantitative estimate of drug-likeness (QED) is 0.553. The molecule has 2 aromatic rings. The second-order valence-corrected chi connectivity index (χ2v) is 9.75. The Balaban J connectivity index is 1.47. The van der Waals surface area contributed by atoms with Gasteiger partial charge in [-0.05, 0) is 55.9 Å². The molecular weight excluding hydrogens is 440 g/mol. The van der Waals surface area contributed by atoms with Crippen molar-refractivity contribution in [2.45, 2.75) is 83.8 Å². The molecular formula is C29H38N2O4. The van der Waals surface area contributed by atoms with Gasteiger partial charge in [0.15, 0.2) is 11.5 Å². The zero-order valence-electron chi connectivity index (χ0n) is 21.1. The number of rotatable bonds is 9. The van der Waals surface area contributed by atoms with Crippen LogP contribution in [-0.4, -0.2) is 42.0 Å². The van der Waals surface area contributed by atoms with Gasteiger partial charge in [0.05, 0.1) is 0 Å². The average Bonchev–Trinajstić information content (AvgIpc) is 2.88. The Labute approximate surface area is 209 Å². The molecule has 0 radical (unpaired) electrons. The Bertz CT molecular complexity index is 998. The highest BCUT2D eigenvalue weighted by Gasteiger charge is 2.30. The summed E-state index contributed by atoms with van der Waals surface area (Å²) in [6.45, 7) is 5.55. The molecule has 1 aliphatic carbocycles. The van der Waals surface area contributed by atoms with Crippen LogP contribution in [0, 0.1) is 6.92 Å². The van der Waals surface area contributed by atoms with Crippen LogP contribution in [0.4, 0.5) is 0 Å². The number of benzene rings is 2. The Kier molecular flexibility index (Phi) is 8.67. The van der Waals surface area contributed by atoms with E-state index >= 15 is 0 Å². The van der Waals surface area contributed by atoms with E-state index < -0.39 is 6.04 Å². The van der Waals surface area contributed by atoms with Crippen LogP contribution >= 0.6 is 0 Å². The van der Waals surface area contributed by atoms with E-state index in [2.05, 4.69) is 17.4 Å². The first-order valence-electron chi connectivity index (χ1n) is 13.1. The van der Waals surface area contributed by atoms with Crippen molar-refractivity contribution in [1.29, 1.82) is 0 Å². The molecule has 0 spiro atoms. The molecule has 2 amide bonds. The lowest BCUT2D eigenvalue weighted by atomic mass is 9.95. The predicted molar refractivity (Wildman–Crippen MR) is 137 cm³/mol. The van der Waals surface area contributed by atoms with Crippen LogP contribution in [0.25, 0.3) is 0 Å². The Morgan fingerprint density at radius 1 is 0.971 bits per heavy atom. The lowest BCUT2D eigenvalue weighted by Crippen LogP contribution is -2.51. The van der Waals surface area contributed by atoms with Crippen LogP contribution in [-0.2, 0) is 22.6 Å². The molecule has 188 valence electrons. The van der Waals surface area contributed by atoms with Crippen LogP contribution in [0.15, 0.2) is 42.5 Å². The van der Waals surface area contributed by atoms with Crippen molar-refractivity contribution in [1.82, 2.24) is 10.2 Å². The van der Waals surface area contributed by atoms with Crippen LogP contribution in [0.2, 0.25) is 0 Å². The Morgan fingerprint density at radius 2 is 1.66 bits per heavy atom. The van der Waals surface area contributed by atoms with Crippen LogP contribution in [0.1, 0.15) is 68.6 Å². The first kappa shape index (κ1) is 25.1. The van der Waals surface area contributed by atoms with Gasteiger partial charge in [0.1, 0.15) is 19.3 Å². The van der Waals surface area contributed by atoms with Crippen LogP contribution in [0.5, 0.6) is 11.5 Å². The van der Waals surface area contributed by atoms with Gasteiger partial charge in [0, 0.05) is 19.0 Å². The number of ether oxygens (including phenoxy) is 2. The molecule has 35 heavy (non-hydrogen) atoms. The fraction of sp³-hybridized carbons (Fsp3) is 0.517. The van der Waals surface area contributed by atoms with E-state index in [-0.39, 0.29) is 17.9 Å². The summed E-state index contributed by atoms with van der Waals surface area (Å²) in [6.07, 6.45) is 7.10. The molecule has 1 atom stereocenters. The summed E-state index contributed by atoms with van der Waals surface area (Å²) in [5.74, 6) is 1.44. The van der Waals surface area contributed by atoms with Crippen molar-refractivity contribution in [2.75, 3.05) is 13.2 Å². The van der Waals surface area contributed by atoms with E-state index in [1.165, 1.54) is 12.0 Å². The maximum Gasteiger partial charge on any atom is 0.243 e. The summed E-state index contributed by atoms with van der Waals surface area (Å²) in [7, 11) is 0. The molecule has 2 aromatic carbocycles. The largest absolute Gasteiger partial charge is 0.486 e. The van der Waals surface area contributed by atoms with Crippen LogP contribution < -0.4 is 14.8 Å². The first-order chi connectivity index (χ1) is 17.0. The molecule has 1 N–H and O–H groups in total. The number of nitrogens with one attached hydrogen (secondary N) is 1. The van der Waals surface area contributed by atoms with Gasteiger partial charge in [0.25, 0.3) is 0 Å². The second kappa shape index (κ2) is 12.1. The molecule has 1 fully saturated rings. The van der Waals surface area contributed by atoms with Gasteiger partial charge < -0.3 is 19.7 Å². The third-order valence-corrected chi connectivity index (χ3v) is 7.05. The second-order valence-electron chi connectivity index (χ2n) is 9.75. The van der Waals surface area contributed by atoms with Gasteiger partial charge >= 0.3 is 0 Å². The molecule has 0 bridgehead atoms. The predicted octanol–water partition coefficient (Wildman–Crippen LogP) is 4.96. The number of nitrogens with zero attached hydrogens (tertiary/aromatic N) is 1. The Morgan fingerprint density at radius 3 is 2.37 bits per heavy atom. The number of fused-ring (bicyclic) bond motifs is 1. The Hall–Kier alpha value is -3.02. The van der Waals surface area contributed by atoms with Gasteiger partial charge in [-0.2, -0.15) is 0 Å². The highest BCUT2D eigenvalue weighted by molar-refractivity contribution is 5.88. The molecule has 0 aromatic heterocycles.